The van der Waals surface area contributed by atoms with Crippen LogP contribution >= 0.6 is 0 Å². The highest BCUT2D eigenvalue weighted by atomic mass is 16.5. The first-order valence-electron chi connectivity index (χ1n) is 9.59. The Morgan fingerprint density at radius 3 is 2.67 bits per heavy atom. The lowest BCUT2D eigenvalue weighted by molar-refractivity contribution is 0.1000. The molecule has 1 heterocycles. The zero-order valence-corrected chi connectivity index (χ0v) is 15.2. The molecule has 1 fully saturated rings. The van der Waals surface area contributed by atoms with Gasteiger partial charge in [0.15, 0.2) is 0 Å². The summed E-state index contributed by atoms with van der Waals surface area (Å²) < 4.78 is 5.82. The Kier molecular flexibility index (Phi) is 5.09. The molecule has 6 heteroatoms. The molecule has 1 aromatic carbocycles. The summed E-state index contributed by atoms with van der Waals surface area (Å²) in [4.78, 5) is 15.2. The highest BCUT2D eigenvalue weighted by molar-refractivity contribution is 5.92. The lowest BCUT2D eigenvalue weighted by Gasteiger charge is -2.29. The molecule has 2 aliphatic carbocycles. The molecule has 1 aromatic heterocycles. The van der Waals surface area contributed by atoms with E-state index in [0.717, 1.165) is 44.3 Å². The molecule has 142 valence electrons. The van der Waals surface area contributed by atoms with Crippen LogP contribution in [0.4, 0.5) is 0 Å². The van der Waals surface area contributed by atoms with E-state index >= 15 is 0 Å². The quantitative estimate of drug-likeness (QED) is 0.755. The van der Waals surface area contributed by atoms with Crippen molar-refractivity contribution in [2.75, 3.05) is 0 Å². The van der Waals surface area contributed by atoms with Crippen LogP contribution in [0.1, 0.15) is 59.6 Å². The summed E-state index contributed by atoms with van der Waals surface area (Å²) in [6.07, 6.45) is 7.28. The summed E-state index contributed by atoms with van der Waals surface area (Å²) in [6.45, 7) is 0. The van der Waals surface area contributed by atoms with E-state index in [0.29, 0.717) is 23.5 Å². The highest BCUT2D eigenvalue weighted by Crippen LogP contribution is 2.35. The largest absolute Gasteiger partial charge is 0.439 e. The second-order valence-corrected chi connectivity index (χ2v) is 7.48. The van der Waals surface area contributed by atoms with Gasteiger partial charge in [-0.3, -0.25) is 4.79 Å². The van der Waals surface area contributed by atoms with Crippen molar-refractivity contribution in [1.82, 2.24) is 10.3 Å². The van der Waals surface area contributed by atoms with Crippen molar-refractivity contribution in [3.8, 4) is 11.6 Å². The Morgan fingerprint density at radius 1 is 1.15 bits per heavy atom. The highest BCUT2D eigenvalue weighted by Gasteiger charge is 2.27. The second-order valence-electron chi connectivity index (χ2n) is 7.48. The Morgan fingerprint density at radius 2 is 1.96 bits per heavy atom. The predicted octanol–water partition coefficient (Wildman–Crippen LogP) is 2.85. The van der Waals surface area contributed by atoms with Crippen molar-refractivity contribution < 1.29 is 14.6 Å². The molecule has 2 aliphatic rings. The number of aliphatic hydroxyl groups excluding tert-OH is 1. The van der Waals surface area contributed by atoms with Crippen molar-refractivity contribution in [2.45, 2.75) is 56.7 Å². The number of pyridine rings is 1. The Balaban J connectivity index is 1.41. The van der Waals surface area contributed by atoms with Gasteiger partial charge in [-0.15, -0.1) is 0 Å². The zero-order valence-electron chi connectivity index (χ0n) is 15.2. The van der Waals surface area contributed by atoms with Gasteiger partial charge in [0.1, 0.15) is 5.75 Å². The average Bonchev–Trinajstić information content (AvgIpc) is 3.06. The maximum atomic E-state index is 11.1. The molecule has 1 unspecified atom stereocenters. The van der Waals surface area contributed by atoms with Gasteiger partial charge in [-0.05, 0) is 67.9 Å². The van der Waals surface area contributed by atoms with Gasteiger partial charge in [0, 0.05) is 24.3 Å². The molecule has 0 bridgehead atoms. The summed E-state index contributed by atoms with van der Waals surface area (Å²) >= 11 is 0. The molecule has 1 amide bonds. The van der Waals surface area contributed by atoms with Crippen LogP contribution in [0.15, 0.2) is 36.5 Å². The van der Waals surface area contributed by atoms with Crippen molar-refractivity contribution in [1.29, 1.82) is 0 Å². The lowest BCUT2D eigenvalue weighted by Crippen LogP contribution is -2.36. The van der Waals surface area contributed by atoms with Gasteiger partial charge in [0.05, 0.1) is 11.7 Å². The molecule has 4 N–H and O–H groups in total. The molecule has 0 spiro atoms. The summed E-state index contributed by atoms with van der Waals surface area (Å²) in [6, 6.07) is 10.3. The number of aliphatic hydroxyl groups is 1. The maximum absolute atomic E-state index is 11.1. The van der Waals surface area contributed by atoms with Crippen LogP contribution in [0.2, 0.25) is 0 Å². The molecule has 27 heavy (non-hydrogen) atoms. The number of aryl methyl sites for hydroxylation is 1. The minimum Gasteiger partial charge on any atom is -0.439 e. The number of carbonyl (C=O) groups excluding carboxylic acids is 1. The number of nitrogens with one attached hydrogen (secondary N) is 1. The molecule has 6 nitrogen and oxygen atoms in total. The predicted molar refractivity (Wildman–Crippen MR) is 102 cm³/mol. The van der Waals surface area contributed by atoms with Gasteiger partial charge in [0.2, 0.25) is 11.8 Å². The van der Waals surface area contributed by atoms with E-state index in [2.05, 4.69) is 22.4 Å². The first kappa shape index (κ1) is 17.9. The molecular weight excluding hydrogens is 342 g/mol. The van der Waals surface area contributed by atoms with Crippen molar-refractivity contribution in [3.63, 3.8) is 0 Å². The van der Waals surface area contributed by atoms with Gasteiger partial charge in [-0.1, -0.05) is 6.07 Å². The van der Waals surface area contributed by atoms with Crippen LogP contribution in [-0.2, 0) is 6.42 Å². The van der Waals surface area contributed by atoms with Crippen LogP contribution in [0, 0.1) is 0 Å². The number of hydrogen-bond acceptors (Lipinski definition) is 5. The maximum Gasteiger partial charge on any atom is 0.250 e. The van der Waals surface area contributed by atoms with E-state index < -0.39 is 5.91 Å². The number of nitrogens with two attached hydrogens (primary N) is 1. The van der Waals surface area contributed by atoms with E-state index in [-0.39, 0.29) is 6.10 Å². The molecule has 0 saturated heterocycles. The zero-order chi connectivity index (χ0) is 18.8. The number of hydrogen-bond donors (Lipinski definition) is 3. The van der Waals surface area contributed by atoms with Crippen LogP contribution in [0.25, 0.3) is 0 Å². The number of aromatic nitrogens is 1. The first-order chi connectivity index (χ1) is 13.1. The number of primary amides is 1. The SMILES string of the molecule is NC(=O)c1ccc(Oc2ccc3c(c2)CCC3NC2CCC(O)CC2)nc1. The minimum absolute atomic E-state index is 0.121. The Hall–Kier alpha value is -2.44. The number of fused-ring (bicyclic) bond motifs is 1. The second kappa shape index (κ2) is 7.66. The molecule has 0 aliphatic heterocycles. The topological polar surface area (TPSA) is 97.5 Å². The van der Waals surface area contributed by atoms with E-state index in [1.54, 1.807) is 12.1 Å². The Labute approximate surface area is 158 Å². The van der Waals surface area contributed by atoms with Crippen LogP contribution in [-0.4, -0.2) is 28.1 Å². The standard InChI is InChI=1S/C21H25N3O3/c22-21(26)14-2-10-20(23-12-14)27-17-7-8-18-13(11-17)1-9-19(18)24-15-3-5-16(25)6-4-15/h2,7-8,10-12,15-16,19,24-25H,1,3-6,9H2,(H2,22,26). The van der Waals surface area contributed by atoms with Crippen molar-refractivity contribution in [3.05, 3.63) is 53.2 Å². The third-order valence-corrected chi connectivity index (χ3v) is 5.57. The smallest absolute Gasteiger partial charge is 0.250 e. The monoisotopic (exact) mass is 367 g/mol. The lowest BCUT2D eigenvalue weighted by atomic mass is 9.92. The average molecular weight is 367 g/mol. The van der Waals surface area contributed by atoms with E-state index in [1.165, 1.54) is 17.3 Å². The number of ether oxygens (including phenoxy) is 1. The summed E-state index contributed by atoms with van der Waals surface area (Å²) in [7, 11) is 0. The Bertz CT molecular complexity index is 814. The first-order valence-corrected chi connectivity index (χ1v) is 9.59. The van der Waals surface area contributed by atoms with E-state index in [4.69, 9.17) is 10.5 Å². The van der Waals surface area contributed by atoms with Gasteiger partial charge >= 0.3 is 0 Å². The minimum atomic E-state index is -0.502. The third kappa shape index (κ3) is 4.12. The molecule has 1 atom stereocenters. The van der Waals surface area contributed by atoms with Crippen LogP contribution < -0.4 is 15.8 Å². The number of rotatable bonds is 5. The van der Waals surface area contributed by atoms with Gasteiger partial charge in [-0.2, -0.15) is 0 Å². The number of benzene rings is 1. The summed E-state index contributed by atoms with van der Waals surface area (Å²) in [5.74, 6) is 0.681. The number of nitrogens with zero attached hydrogens (tertiary/aromatic N) is 1. The van der Waals surface area contributed by atoms with Crippen LogP contribution in [0.3, 0.4) is 0 Å². The van der Waals surface area contributed by atoms with E-state index in [9.17, 15) is 9.90 Å². The fourth-order valence-corrected chi connectivity index (χ4v) is 4.06. The molecule has 2 aromatic rings. The van der Waals surface area contributed by atoms with Crippen molar-refractivity contribution in [2.24, 2.45) is 5.73 Å². The summed E-state index contributed by atoms with van der Waals surface area (Å²) in [5.41, 5.74) is 8.23. The summed E-state index contributed by atoms with van der Waals surface area (Å²) in [5, 5.41) is 13.4. The fourth-order valence-electron chi connectivity index (χ4n) is 4.06. The normalized spacial score (nSPS) is 24.4. The van der Waals surface area contributed by atoms with Crippen LogP contribution in [0.5, 0.6) is 11.6 Å². The fraction of sp³-hybridized carbons (Fsp3) is 0.429. The molecule has 1 saturated carbocycles. The molecule has 4 rings (SSSR count). The van der Waals surface area contributed by atoms with E-state index in [1.807, 2.05) is 6.07 Å². The van der Waals surface area contributed by atoms with Gasteiger partial charge in [0.25, 0.3) is 0 Å². The van der Waals surface area contributed by atoms with Crippen molar-refractivity contribution >= 4 is 5.91 Å². The third-order valence-electron chi connectivity index (χ3n) is 5.57. The number of amides is 1. The molecular formula is C21H25N3O3. The molecule has 0 radical (unpaired) electrons. The number of carbonyl (C=O) groups is 1. The van der Waals surface area contributed by atoms with Gasteiger partial charge < -0.3 is 20.9 Å². The van der Waals surface area contributed by atoms with Gasteiger partial charge in [-0.25, -0.2) is 4.98 Å².